The molecular weight excluding hydrogens is 365 g/mol. The fraction of sp³-hybridized carbons (Fsp3) is 0.375. The third-order valence-electron chi connectivity index (χ3n) is 3.56. The van der Waals surface area contributed by atoms with Gasteiger partial charge < -0.3 is 4.74 Å². The first-order valence-corrected chi connectivity index (χ1v) is 9.56. The fourth-order valence-corrected chi connectivity index (χ4v) is 3.56. The third-order valence-corrected chi connectivity index (χ3v) is 5.10. The van der Waals surface area contributed by atoms with Crippen LogP contribution in [0.1, 0.15) is 24.9 Å². The first-order valence-electron chi connectivity index (χ1n) is 7.90. The van der Waals surface area contributed by atoms with Crippen LogP contribution < -0.4 is 16.0 Å². The van der Waals surface area contributed by atoms with Crippen molar-refractivity contribution in [3.63, 3.8) is 0 Å². The largest absolute Gasteiger partial charge is 0.361 e. The van der Waals surface area contributed by atoms with E-state index in [9.17, 15) is 22.4 Å². The monoisotopic (exact) mass is 385 g/mol. The van der Waals surface area contributed by atoms with Gasteiger partial charge in [-0.1, -0.05) is 18.2 Å². The van der Waals surface area contributed by atoms with Crippen LogP contribution in [-0.4, -0.2) is 30.3 Å². The highest BCUT2D eigenvalue weighted by Gasteiger charge is 2.17. The van der Waals surface area contributed by atoms with Crippen LogP contribution in [0.2, 0.25) is 0 Å². The molecule has 0 fully saturated rings. The van der Waals surface area contributed by atoms with Crippen molar-refractivity contribution in [2.45, 2.75) is 26.1 Å². The van der Waals surface area contributed by atoms with E-state index in [0.717, 1.165) is 4.57 Å². The minimum Gasteiger partial charge on any atom is -0.361 e. The van der Waals surface area contributed by atoms with E-state index in [1.165, 1.54) is 30.5 Å². The Hall–Kier alpha value is -2.30. The number of ether oxygens (including phenoxy) is 1. The molecular formula is C16H20FN3O5S. The van der Waals surface area contributed by atoms with Crippen LogP contribution in [0.25, 0.3) is 0 Å². The van der Waals surface area contributed by atoms with Gasteiger partial charge >= 0.3 is 5.69 Å². The lowest BCUT2D eigenvalue weighted by molar-refractivity contribution is 0.0744. The van der Waals surface area contributed by atoms with E-state index in [4.69, 9.17) is 4.74 Å². The van der Waals surface area contributed by atoms with Gasteiger partial charge in [0, 0.05) is 30.5 Å². The Morgan fingerprint density at radius 2 is 2.00 bits per heavy atom. The average Bonchev–Trinajstić information content (AvgIpc) is 2.56. The SMILES string of the molecule is C[C@@H](NS(=O)(=O)CCCOCn1ccc(=O)[nH]c1=O)c1ccccc1F. The standard InChI is InChI=1S/C16H20FN3O5S/c1-12(13-5-2-3-6-14(13)17)19-26(23,24)10-4-9-25-11-20-8-7-15(21)18-16(20)22/h2-3,5-8,12,19H,4,9-11H2,1H3,(H,18,21,22)/t12-/m1/s1. The summed E-state index contributed by atoms with van der Waals surface area (Å²) in [6, 6.07) is 6.45. The zero-order valence-corrected chi connectivity index (χ0v) is 15.0. The number of nitrogens with one attached hydrogen (secondary N) is 2. The summed E-state index contributed by atoms with van der Waals surface area (Å²) in [6.45, 7) is 1.56. The Morgan fingerprint density at radius 1 is 1.27 bits per heavy atom. The predicted molar refractivity (Wildman–Crippen MR) is 93.6 cm³/mol. The molecule has 0 aliphatic carbocycles. The van der Waals surface area contributed by atoms with Crippen LogP contribution >= 0.6 is 0 Å². The number of H-pyrrole nitrogens is 1. The molecule has 0 spiro atoms. The Bertz CT molecular complexity index is 955. The molecule has 0 aliphatic heterocycles. The number of benzene rings is 1. The number of sulfonamides is 1. The van der Waals surface area contributed by atoms with Gasteiger partial charge in [0.15, 0.2) is 0 Å². The van der Waals surface area contributed by atoms with Gasteiger partial charge in [0.1, 0.15) is 12.5 Å². The van der Waals surface area contributed by atoms with Crippen LogP contribution in [0.15, 0.2) is 46.1 Å². The average molecular weight is 385 g/mol. The normalized spacial score (nSPS) is 12.8. The number of halogens is 1. The van der Waals surface area contributed by atoms with Gasteiger partial charge in [-0.3, -0.25) is 14.3 Å². The third kappa shape index (κ3) is 5.90. The molecule has 26 heavy (non-hydrogen) atoms. The first-order chi connectivity index (χ1) is 12.3. The molecule has 0 saturated heterocycles. The lowest BCUT2D eigenvalue weighted by Gasteiger charge is -2.15. The van der Waals surface area contributed by atoms with Crippen molar-refractivity contribution < 1.29 is 17.5 Å². The van der Waals surface area contributed by atoms with Crippen molar-refractivity contribution >= 4 is 10.0 Å². The smallest absolute Gasteiger partial charge is 0.330 e. The Morgan fingerprint density at radius 3 is 2.69 bits per heavy atom. The Labute approximate surface area is 149 Å². The molecule has 1 aromatic heterocycles. The zero-order chi connectivity index (χ0) is 19.2. The van der Waals surface area contributed by atoms with Gasteiger partial charge in [-0.2, -0.15) is 0 Å². The minimum absolute atomic E-state index is 0.0978. The Balaban J connectivity index is 1.78. The zero-order valence-electron chi connectivity index (χ0n) is 14.1. The number of hydrogen-bond donors (Lipinski definition) is 2. The summed E-state index contributed by atoms with van der Waals surface area (Å²) in [5, 5.41) is 0. The molecule has 142 valence electrons. The molecule has 0 saturated carbocycles. The van der Waals surface area contributed by atoms with Gasteiger partial charge in [0.2, 0.25) is 10.0 Å². The van der Waals surface area contributed by atoms with Gasteiger partial charge in [0.05, 0.1) is 5.75 Å². The van der Waals surface area contributed by atoms with Crippen molar-refractivity contribution in [2.75, 3.05) is 12.4 Å². The van der Waals surface area contributed by atoms with Gasteiger partial charge in [-0.05, 0) is 19.4 Å². The molecule has 0 bridgehead atoms. The molecule has 2 N–H and O–H groups in total. The first kappa shape index (κ1) is 20.0. The quantitative estimate of drug-likeness (QED) is 0.618. The van der Waals surface area contributed by atoms with Crippen molar-refractivity contribution in [3.05, 3.63) is 68.7 Å². The molecule has 0 unspecified atom stereocenters. The van der Waals surface area contributed by atoms with Crippen molar-refractivity contribution in [1.29, 1.82) is 0 Å². The lowest BCUT2D eigenvalue weighted by atomic mass is 10.1. The van der Waals surface area contributed by atoms with Gasteiger partial charge in [0.25, 0.3) is 5.56 Å². The second-order valence-electron chi connectivity index (χ2n) is 5.65. The van der Waals surface area contributed by atoms with Crippen LogP contribution in [0, 0.1) is 5.82 Å². The lowest BCUT2D eigenvalue weighted by Crippen LogP contribution is -2.31. The van der Waals surface area contributed by atoms with Crippen LogP contribution in [-0.2, 0) is 21.5 Å². The van der Waals surface area contributed by atoms with Crippen LogP contribution in [0.5, 0.6) is 0 Å². The van der Waals surface area contributed by atoms with Gasteiger partial charge in [-0.25, -0.2) is 22.3 Å². The van der Waals surface area contributed by atoms with E-state index < -0.39 is 33.1 Å². The number of rotatable bonds is 9. The highest BCUT2D eigenvalue weighted by atomic mass is 32.2. The summed E-state index contributed by atoms with van der Waals surface area (Å²) in [5.41, 5.74) is -0.845. The summed E-state index contributed by atoms with van der Waals surface area (Å²) in [4.78, 5) is 24.5. The van der Waals surface area contributed by atoms with Crippen molar-refractivity contribution in [3.8, 4) is 0 Å². The van der Waals surface area contributed by atoms with E-state index in [1.807, 2.05) is 0 Å². The number of aromatic nitrogens is 2. The number of aromatic amines is 1. The molecule has 10 heteroatoms. The van der Waals surface area contributed by atoms with Crippen LogP contribution in [0.3, 0.4) is 0 Å². The van der Waals surface area contributed by atoms with E-state index in [1.54, 1.807) is 13.0 Å². The maximum Gasteiger partial charge on any atom is 0.330 e. The van der Waals surface area contributed by atoms with Crippen molar-refractivity contribution in [2.24, 2.45) is 0 Å². The fourth-order valence-electron chi connectivity index (χ4n) is 2.28. The summed E-state index contributed by atoms with van der Waals surface area (Å²) in [6.07, 6.45) is 1.48. The maximum absolute atomic E-state index is 13.7. The second-order valence-corrected chi connectivity index (χ2v) is 7.52. The summed E-state index contributed by atoms with van der Waals surface area (Å²) >= 11 is 0. The van der Waals surface area contributed by atoms with E-state index >= 15 is 0 Å². The highest BCUT2D eigenvalue weighted by Crippen LogP contribution is 2.17. The molecule has 1 heterocycles. The molecule has 1 aromatic carbocycles. The van der Waals surface area contributed by atoms with E-state index in [0.29, 0.717) is 0 Å². The molecule has 0 amide bonds. The second kappa shape index (κ2) is 8.88. The molecule has 2 aromatic rings. The number of hydrogen-bond acceptors (Lipinski definition) is 5. The summed E-state index contributed by atoms with van der Waals surface area (Å²) in [7, 11) is -3.62. The van der Waals surface area contributed by atoms with Crippen molar-refractivity contribution in [1.82, 2.24) is 14.3 Å². The summed E-state index contributed by atoms with van der Waals surface area (Å²) < 4.78 is 46.6. The van der Waals surface area contributed by atoms with Crippen LogP contribution in [0.4, 0.5) is 4.39 Å². The minimum atomic E-state index is -3.62. The molecule has 0 aliphatic rings. The maximum atomic E-state index is 13.7. The molecule has 8 nitrogen and oxygen atoms in total. The predicted octanol–water partition coefficient (Wildman–Crippen LogP) is 0.720. The summed E-state index contributed by atoms with van der Waals surface area (Å²) in [5.74, 6) is -0.677. The molecule has 2 rings (SSSR count). The van der Waals surface area contributed by atoms with E-state index in [2.05, 4.69) is 9.71 Å². The van der Waals surface area contributed by atoms with Gasteiger partial charge in [-0.15, -0.1) is 0 Å². The Kier molecular flexibility index (Phi) is 6.83. The van der Waals surface area contributed by atoms with E-state index in [-0.39, 0.29) is 31.1 Å². The highest BCUT2D eigenvalue weighted by molar-refractivity contribution is 7.89. The number of nitrogens with zero attached hydrogens (tertiary/aromatic N) is 1. The molecule has 0 radical (unpaired) electrons. The molecule has 1 atom stereocenters. The topological polar surface area (TPSA) is 110 Å².